The lowest BCUT2D eigenvalue weighted by atomic mass is 10.0. The lowest BCUT2D eigenvalue weighted by Crippen LogP contribution is -2.31. The summed E-state index contributed by atoms with van der Waals surface area (Å²) in [5.74, 6) is 0.300. The summed E-state index contributed by atoms with van der Waals surface area (Å²) in [6, 6.07) is 0. The minimum atomic E-state index is -0.0302. The molecular formula is C47H94N4O5. The first-order valence-corrected chi connectivity index (χ1v) is 24.1. The zero-order valence-electron chi connectivity index (χ0n) is 37.7. The Bertz CT molecular complexity index is 858. The van der Waals surface area contributed by atoms with Crippen LogP contribution in [0, 0.1) is 0 Å². The molecule has 56 heavy (non-hydrogen) atoms. The third-order valence-corrected chi connectivity index (χ3v) is 10.9. The van der Waals surface area contributed by atoms with Gasteiger partial charge in [0.25, 0.3) is 0 Å². The lowest BCUT2D eigenvalue weighted by molar-refractivity contribution is -0.150. The first kappa shape index (κ1) is 54.1. The van der Waals surface area contributed by atoms with E-state index in [1.54, 1.807) is 0 Å². The summed E-state index contributed by atoms with van der Waals surface area (Å²) in [6.45, 7) is 11.2. The third-order valence-electron chi connectivity index (χ3n) is 10.9. The predicted octanol–water partition coefficient (Wildman–Crippen LogP) is 12.5. The molecule has 0 amide bonds. The highest BCUT2D eigenvalue weighted by atomic mass is 16.6. The number of hydrogen-bond acceptors (Lipinski definition) is 7. The molecule has 9 heteroatoms. The van der Waals surface area contributed by atoms with Gasteiger partial charge in [0.05, 0.1) is 13.7 Å². The van der Waals surface area contributed by atoms with E-state index in [2.05, 4.69) is 36.1 Å². The summed E-state index contributed by atoms with van der Waals surface area (Å²) in [5, 5.41) is 0. The Morgan fingerprint density at radius 1 is 0.536 bits per heavy atom. The summed E-state index contributed by atoms with van der Waals surface area (Å²) in [7, 11) is 1.53. The average molecular weight is 795 g/mol. The quantitative estimate of drug-likeness (QED) is 0.0206. The van der Waals surface area contributed by atoms with E-state index in [-0.39, 0.29) is 18.0 Å². The van der Waals surface area contributed by atoms with Crippen molar-refractivity contribution in [3.63, 3.8) is 0 Å². The van der Waals surface area contributed by atoms with Crippen LogP contribution in [0.1, 0.15) is 239 Å². The fraction of sp³-hybridized carbons (Fsp3) is 0.936. The van der Waals surface area contributed by atoms with Gasteiger partial charge in [-0.05, 0) is 83.8 Å². The topological polar surface area (TPSA) is 115 Å². The van der Waals surface area contributed by atoms with Gasteiger partial charge in [-0.25, -0.2) is 5.48 Å². The van der Waals surface area contributed by atoms with Crippen LogP contribution in [0.4, 0.5) is 0 Å². The minimum absolute atomic E-state index is 0.0147. The summed E-state index contributed by atoms with van der Waals surface area (Å²) in [6.07, 6.45) is 39.3. The van der Waals surface area contributed by atoms with Crippen LogP contribution in [-0.2, 0) is 23.9 Å². The SMILES string of the molecule is CCCCCCCCCOC(=O)CCCCCCCN(CCCCCCCC(=O)OC(CCCCCCCC)CCCCCCCC)CCCN=C(N)NOC. The van der Waals surface area contributed by atoms with E-state index in [1.807, 2.05) is 0 Å². The fourth-order valence-corrected chi connectivity index (χ4v) is 7.37. The number of hydrogen-bond donors (Lipinski definition) is 2. The molecule has 0 atom stereocenters. The molecule has 0 aliphatic carbocycles. The van der Waals surface area contributed by atoms with Gasteiger partial charge in [-0.1, -0.05) is 162 Å². The largest absolute Gasteiger partial charge is 0.466 e. The standard InChI is InChI=1S/C47H94N4O5/c1-5-8-11-14-17-26-33-43-55-45(52)37-29-22-18-24-31-40-51(42-34-39-49-47(48)50-54-4)41-32-25-19-23-30-38-46(53)56-44(35-27-20-15-12-9-6-2)36-28-21-16-13-10-7-3/h44H,5-43H2,1-4H3,(H3,48,49,50). The third kappa shape index (κ3) is 40.3. The lowest BCUT2D eigenvalue weighted by Gasteiger charge is -2.22. The Morgan fingerprint density at radius 3 is 1.45 bits per heavy atom. The van der Waals surface area contributed by atoms with Gasteiger partial charge in [0.2, 0.25) is 5.96 Å². The number of aliphatic imine (C=N–C) groups is 1. The summed E-state index contributed by atoms with van der Waals surface area (Å²) < 4.78 is 11.5. The summed E-state index contributed by atoms with van der Waals surface area (Å²) in [4.78, 5) is 36.7. The molecule has 3 N–H and O–H groups in total. The van der Waals surface area contributed by atoms with Crippen LogP contribution < -0.4 is 11.2 Å². The van der Waals surface area contributed by atoms with Crippen molar-refractivity contribution in [2.75, 3.05) is 39.9 Å². The molecule has 0 saturated heterocycles. The van der Waals surface area contributed by atoms with E-state index in [4.69, 9.17) is 20.0 Å². The van der Waals surface area contributed by atoms with E-state index in [9.17, 15) is 9.59 Å². The van der Waals surface area contributed by atoms with Crippen LogP contribution in [0.15, 0.2) is 4.99 Å². The van der Waals surface area contributed by atoms with E-state index in [0.29, 0.717) is 32.0 Å². The number of esters is 2. The molecule has 332 valence electrons. The maximum absolute atomic E-state index is 12.8. The molecule has 0 rings (SSSR count). The smallest absolute Gasteiger partial charge is 0.306 e. The molecule has 9 nitrogen and oxygen atoms in total. The van der Waals surface area contributed by atoms with Crippen molar-refractivity contribution in [1.29, 1.82) is 0 Å². The maximum atomic E-state index is 12.8. The highest BCUT2D eigenvalue weighted by Crippen LogP contribution is 2.19. The second-order valence-electron chi connectivity index (χ2n) is 16.4. The van der Waals surface area contributed by atoms with Gasteiger partial charge < -0.3 is 20.1 Å². The van der Waals surface area contributed by atoms with Crippen molar-refractivity contribution in [2.45, 2.75) is 245 Å². The maximum Gasteiger partial charge on any atom is 0.306 e. The summed E-state index contributed by atoms with van der Waals surface area (Å²) >= 11 is 0. The van der Waals surface area contributed by atoms with Crippen LogP contribution in [-0.4, -0.2) is 68.8 Å². The van der Waals surface area contributed by atoms with E-state index in [1.165, 1.54) is 142 Å². The number of rotatable bonds is 44. The summed E-state index contributed by atoms with van der Waals surface area (Å²) in [5.41, 5.74) is 8.39. The number of guanidine groups is 1. The Labute approximate surface area is 347 Å². The van der Waals surface area contributed by atoms with Crippen molar-refractivity contribution in [3.8, 4) is 0 Å². The van der Waals surface area contributed by atoms with Crippen molar-refractivity contribution < 1.29 is 23.9 Å². The molecule has 0 radical (unpaired) electrons. The normalized spacial score (nSPS) is 11.9. The van der Waals surface area contributed by atoms with Gasteiger partial charge in [-0.2, -0.15) is 0 Å². The second kappa shape index (κ2) is 44.2. The van der Waals surface area contributed by atoms with Crippen LogP contribution in [0.25, 0.3) is 0 Å². The number of ether oxygens (including phenoxy) is 2. The van der Waals surface area contributed by atoms with Gasteiger partial charge >= 0.3 is 11.9 Å². The highest BCUT2D eigenvalue weighted by molar-refractivity contribution is 5.76. The molecule has 0 aromatic heterocycles. The van der Waals surface area contributed by atoms with Crippen LogP contribution in [0.5, 0.6) is 0 Å². The Kier molecular flexibility index (Phi) is 42.8. The first-order valence-electron chi connectivity index (χ1n) is 24.1. The van der Waals surface area contributed by atoms with Gasteiger partial charge in [0.1, 0.15) is 6.10 Å². The molecule has 0 aromatic rings. The van der Waals surface area contributed by atoms with Crippen molar-refractivity contribution in [3.05, 3.63) is 0 Å². The molecular weight excluding hydrogens is 701 g/mol. The van der Waals surface area contributed by atoms with Crippen molar-refractivity contribution >= 4 is 17.9 Å². The van der Waals surface area contributed by atoms with Crippen molar-refractivity contribution in [2.24, 2.45) is 10.7 Å². The van der Waals surface area contributed by atoms with Crippen LogP contribution in [0.2, 0.25) is 0 Å². The van der Waals surface area contributed by atoms with E-state index in [0.717, 1.165) is 90.3 Å². The van der Waals surface area contributed by atoms with E-state index >= 15 is 0 Å². The Hall–Kier alpha value is -1.87. The Balaban J connectivity index is 4.36. The number of unbranched alkanes of at least 4 members (excludes halogenated alkanes) is 24. The van der Waals surface area contributed by atoms with Crippen molar-refractivity contribution in [1.82, 2.24) is 10.4 Å². The minimum Gasteiger partial charge on any atom is -0.466 e. The molecule has 0 heterocycles. The van der Waals surface area contributed by atoms with Crippen LogP contribution in [0.3, 0.4) is 0 Å². The molecule has 0 aromatic carbocycles. The number of carbonyl (C=O) groups excluding carboxylic acids is 2. The van der Waals surface area contributed by atoms with Gasteiger partial charge in [0.15, 0.2) is 0 Å². The van der Waals surface area contributed by atoms with Gasteiger partial charge in [0, 0.05) is 19.4 Å². The molecule has 0 aliphatic rings. The number of nitrogens with zero attached hydrogens (tertiary/aromatic N) is 2. The zero-order chi connectivity index (χ0) is 41.0. The number of carbonyl (C=O) groups is 2. The first-order chi connectivity index (χ1) is 27.5. The zero-order valence-corrected chi connectivity index (χ0v) is 37.7. The monoisotopic (exact) mass is 795 g/mol. The average Bonchev–Trinajstić information content (AvgIpc) is 3.18. The molecule has 0 fully saturated rings. The van der Waals surface area contributed by atoms with E-state index < -0.39 is 0 Å². The molecule has 0 unspecified atom stereocenters. The number of hydroxylamine groups is 1. The van der Waals surface area contributed by atoms with Gasteiger partial charge in [-0.15, -0.1) is 0 Å². The van der Waals surface area contributed by atoms with Gasteiger partial charge in [-0.3, -0.25) is 19.4 Å². The molecule has 0 bridgehead atoms. The predicted molar refractivity (Wildman–Crippen MR) is 238 cm³/mol. The highest BCUT2D eigenvalue weighted by Gasteiger charge is 2.14. The number of nitrogens with one attached hydrogen (secondary N) is 1. The van der Waals surface area contributed by atoms with Crippen LogP contribution >= 0.6 is 0 Å². The molecule has 0 saturated carbocycles. The number of nitrogens with two attached hydrogens (primary N) is 1. The Morgan fingerprint density at radius 2 is 0.946 bits per heavy atom. The fourth-order valence-electron chi connectivity index (χ4n) is 7.37. The molecule has 0 aliphatic heterocycles. The second-order valence-corrected chi connectivity index (χ2v) is 16.4. The molecule has 0 spiro atoms.